The Morgan fingerprint density at radius 2 is 1.76 bits per heavy atom. The Balaban J connectivity index is 1.45. The molecule has 0 unspecified atom stereocenters. The maximum atomic E-state index is 13.3. The lowest BCUT2D eigenvalue weighted by Crippen LogP contribution is -2.50. The number of amides is 2. The van der Waals surface area contributed by atoms with Crippen LogP contribution in [0.5, 0.6) is 11.6 Å². The van der Waals surface area contributed by atoms with Gasteiger partial charge in [-0.3, -0.25) is 9.59 Å². The average molecular weight is 485 g/mol. The molecule has 9 nitrogen and oxygen atoms in total. The topological polar surface area (TPSA) is 94.1 Å². The zero-order valence-corrected chi connectivity index (χ0v) is 20.6. The predicted octanol–water partition coefficient (Wildman–Crippen LogP) is 2.69. The van der Waals surface area contributed by atoms with Gasteiger partial charge in [0.2, 0.25) is 11.8 Å². The Hall–Kier alpha value is -3.24. The summed E-state index contributed by atoms with van der Waals surface area (Å²) in [5.41, 5.74) is 1.72. The number of ether oxygens (including phenoxy) is 3. The lowest BCUT2D eigenvalue weighted by molar-refractivity contribution is -0.131. The van der Waals surface area contributed by atoms with Gasteiger partial charge in [-0.25, -0.2) is 4.98 Å². The number of hydrogen-bond acceptors (Lipinski definition) is 8. The van der Waals surface area contributed by atoms with E-state index in [-0.39, 0.29) is 18.4 Å². The van der Waals surface area contributed by atoms with Crippen LogP contribution in [-0.4, -0.2) is 79.1 Å². The van der Waals surface area contributed by atoms with Crippen molar-refractivity contribution in [2.75, 3.05) is 47.5 Å². The van der Waals surface area contributed by atoms with Gasteiger partial charge in [0, 0.05) is 33.3 Å². The van der Waals surface area contributed by atoms with E-state index in [0.717, 1.165) is 22.3 Å². The van der Waals surface area contributed by atoms with Crippen molar-refractivity contribution >= 4 is 33.4 Å². The molecule has 3 aromatic rings. The van der Waals surface area contributed by atoms with E-state index in [0.29, 0.717) is 54.0 Å². The molecular formula is C24H28N4O5S. The molecule has 1 saturated heterocycles. The minimum atomic E-state index is -0.0595. The third-order valence-corrected chi connectivity index (χ3v) is 7.05. The molecule has 0 bridgehead atoms. The first-order valence-corrected chi connectivity index (χ1v) is 11.8. The molecule has 2 aromatic heterocycles. The highest BCUT2D eigenvalue weighted by atomic mass is 32.1. The Kier molecular flexibility index (Phi) is 7.28. The van der Waals surface area contributed by atoms with Gasteiger partial charge < -0.3 is 24.0 Å². The highest BCUT2D eigenvalue weighted by molar-refractivity contribution is 7.20. The Bertz CT molecular complexity index is 1200. The molecule has 0 spiro atoms. The van der Waals surface area contributed by atoms with Crippen LogP contribution in [-0.2, 0) is 22.6 Å². The standard InChI is InChI=1S/C24H28N4O5S/c1-15-20-22(33-4)25-18(14-31-2)26-23(20)34-21(15)24(30)28-10-8-27(9-11-28)19(29)13-16-6-5-7-17(12-16)32-3/h5-7,12H,8-11,13-14H2,1-4H3. The summed E-state index contributed by atoms with van der Waals surface area (Å²) in [6, 6.07) is 7.52. The normalized spacial score (nSPS) is 13.9. The van der Waals surface area contributed by atoms with Crippen molar-refractivity contribution in [2.45, 2.75) is 20.0 Å². The minimum absolute atomic E-state index is 0.0454. The van der Waals surface area contributed by atoms with Gasteiger partial charge in [-0.05, 0) is 30.2 Å². The molecule has 1 fully saturated rings. The fourth-order valence-corrected chi connectivity index (χ4v) is 5.22. The molecule has 0 aliphatic carbocycles. The van der Waals surface area contributed by atoms with Crippen molar-refractivity contribution in [3.05, 3.63) is 46.1 Å². The van der Waals surface area contributed by atoms with Crippen LogP contribution in [0.4, 0.5) is 0 Å². The molecule has 1 aliphatic heterocycles. The molecule has 1 aliphatic rings. The van der Waals surface area contributed by atoms with Crippen LogP contribution in [0, 0.1) is 6.92 Å². The van der Waals surface area contributed by atoms with Gasteiger partial charge >= 0.3 is 0 Å². The first kappa shape index (κ1) is 23.9. The van der Waals surface area contributed by atoms with Crippen LogP contribution < -0.4 is 9.47 Å². The van der Waals surface area contributed by atoms with E-state index in [4.69, 9.17) is 14.2 Å². The maximum Gasteiger partial charge on any atom is 0.264 e. The second kappa shape index (κ2) is 10.4. The van der Waals surface area contributed by atoms with Crippen LogP contribution in [0.25, 0.3) is 10.2 Å². The summed E-state index contributed by atoms with van der Waals surface area (Å²) in [4.78, 5) is 40.0. The number of piperazine rings is 1. The fourth-order valence-electron chi connectivity index (χ4n) is 4.06. The van der Waals surface area contributed by atoms with Gasteiger partial charge in [-0.2, -0.15) is 4.98 Å². The van der Waals surface area contributed by atoms with E-state index in [1.54, 1.807) is 26.2 Å². The zero-order valence-electron chi connectivity index (χ0n) is 19.8. The van der Waals surface area contributed by atoms with Gasteiger partial charge in [-0.1, -0.05) is 12.1 Å². The Morgan fingerprint density at radius 1 is 1.03 bits per heavy atom. The predicted molar refractivity (Wildman–Crippen MR) is 129 cm³/mol. The highest BCUT2D eigenvalue weighted by Crippen LogP contribution is 2.35. The first-order chi connectivity index (χ1) is 16.4. The summed E-state index contributed by atoms with van der Waals surface area (Å²) in [5.74, 6) is 1.67. The second-order valence-electron chi connectivity index (χ2n) is 8.02. The largest absolute Gasteiger partial charge is 0.497 e. The number of aromatic nitrogens is 2. The smallest absolute Gasteiger partial charge is 0.264 e. The molecule has 0 N–H and O–H groups in total. The number of fused-ring (bicyclic) bond motifs is 1. The van der Waals surface area contributed by atoms with E-state index in [1.807, 2.05) is 36.1 Å². The fraction of sp³-hybridized carbons (Fsp3) is 0.417. The second-order valence-corrected chi connectivity index (χ2v) is 9.02. The van der Waals surface area contributed by atoms with E-state index in [2.05, 4.69) is 9.97 Å². The summed E-state index contributed by atoms with van der Waals surface area (Å²) >= 11 is 1.34. The third-order valence-electron chi connectivity index (χ3n) is 5.87. The van der Waals surface area contributed by atoms with Crippen molar-refractivity contribution in [2.24, 2.45) is 0 Å². The lowest BCUT2D eigenvalue weighted by Gasteiger charge is -2.34. The van der Waals surface area contributed by atoms with Crippen molar-refractivity contribution in [1.82, 2.24) is 19.8 Å². The number of hydrogen-bond donors (Lipinski definition) is 0. The molecule has 0 saturated carbocycles. The van der Waals surface area contributed by atoms with Gasteiger partial charge in [0.25, 0.3) is 5.91 Å². The van der Waals surface area contributed by atoms with Crippen LogP contribution in [0.3, 0.4) is 0 Å². The number of thiophene rings is 1. The monoisotopic (exact) mass is 484 g/mol. The van der Waals surface area contributed by atoms with Crippen molar-refractivity contribution < 1.29 is 23.8 Å². The number of aryl methyl sites for hydroxylation is 1. The number of nitrogens with zero attached hydrogens (tertiary/aromatic N) is 4. The number of carbonyl (C=O) groups excluding carboxylic acids is 2. The minimum Gasteiger partial charge on any atom is -0.497 e. The van der Waals surface area contributed by atoms with Crippen molar-refractivity contribution in [3.8, 4) is 11.6 Å². The maximum absolute atomic E-state index is 13.3. The van der Waals surface area contributed by atoms with Crippen molar-refractivity contribution in [1.29, 1.82) is 0 Å². The molecule has 4 rings (SSSR count). The average Bonchev–Trinajstić information content (AvgIpc) is 3.19. The van der Waals surface area contributed by atoms with E-state index in [1.165, 1.54) is 11.3 Å². The Morgan fingerprint density at radius 3 is 2.44 bits per heavy atom. The van der Waals surface area contributed by atoms with E-state index in [9.17, 15) is 9.59 Å². The summed E-state index contributed by atoms with van der Waals surface area (Å²) in [6.07, 6.45) is 0.308. The first-order valence-electron chi connectivity index (χ1n) is 11.0. The third kappa shape index (κ3) is 4.83. The lowest BCUT2D eigenvalue weighted by atomic mass is 10.1. The summed E-state index contributed by atoms with van der Waals surface area (Å²) in [5, 5.41) is 0.753. The number of rotatable bonds is 7. The van der Waals surface area contributed by atoms with Gasteiger partial charge in [0.05, 0.1) is 30.9 Å². The summed E-state index contributed by atoms with van der Waals surface area (Å²) in [6.45, 7) is 4.11. The number of methoxy groups -OCH3 is 3. The molecule has 2 amide bonds. The Labute approximate surface area is 202 Å². The van der Waals surface area contributed by atoms with Crippen LogP contribution in [0.1, 0.15) is 26.6 Å². The quantitative estimate of drug-likeness (QED) is 0.509. The highest BCUT2D eigenvalue weighted by Gasteiger charge is 2.28. The summed E-state index contributed by atoms with van der Waals surface area (Å²) < 4.78 is 15.8. The molecular weight excluding hydrogens is 456 g/mol. The molecule has 10 heteroatoms. The summed E-state index contributed by atoms with van der Waals surface area (Å²) in [7, 11) is 4.74. The van der Waals surface area contributed by atoms with Gasteiger partial charge in [0.15, 0.2) is 5.82 Å². The number of benzene rings is 1. The SMILES string of the molecule is COCc1nc(OC)c2c(C)c(C(=O)N3CCN(C(=O)Cc4cccc(OC)c4)CC3)sc2n1. The van der Waals surface area contributed by atoms with Crippen LogP contribution >= 0.6 is 11.3 Å². The molecule has 34 heavy (non-hydrogen) atoms. The molecule has 0 radical (unpaired) electrons. The van der Waals surface area contributed by atoms with Gasteiger partial charge in [0.1, 0.15) is 17.2 Å². The zero-order chi connectivity index (χ0) is 24.2. The van der Waals surface area contributed by atoms with Crippen LogP contribution in [0.2, 0.25) is 0 Å². The van der Waals surface area contributed by atoms with Gasteiger partial charge in [-0.15, -0.1) is 11.3 Å². The number of carbonyl (C=O) groups is 2. The van der Waals surface area contributed by atoms with Crippen LogP contribution in [0.15, 0.2) is 24.3 Å². The van der Waals surface area contributed by atoms with Crippen molar-refractivity contribution in [3.63, 3.8) is 0 Å². The molecule has 1 aromatic carbocycles. The molecule has 180 valence electrons. The molecule has 3 heterocycles. The molecule has 0 atom stereocenters. The van der Waals surface area contributed by atoms with E-state index >= 15 is 0 Å². The van der Waals surface area contributed by atoms with E-state index < -0.39 is 0 Å².